The van der Waals surface area contributed by atoms with Crippen LogP contribution in [0.15, 0.2) is 67.0 Å². The van der Waals surface area contributed by atoms with Gasteiger partial charge in [0.1, 0.15) is 11.6 Å². The van der Waals surface area contributed by atoms with Crippen molar-refractivity contribution in [3.8, 4) is 5.75 Å². The summed E-state index contributed by atoms with van der Waals surface area (Å²) in [6.07, 6.45) is 6.23. The first kappa shape index (κ1) is 19.2. The average molecular weight is 389 g/mol. The highest BCUT2D eigenvalue weighted by molar-refractivity contribution is 5.79. The summed E-state index contributed by atoms with van der Waals surface area (Å²) in [5.74, 6) is 2.47. The lowest BCUT2D eigenvalue weighted by molar-refractivity contribution is -0.131. The Kier molecular flexibility index (Phi) is 5.94. The number of nitrogens with zero attached hydrogens (tertiary/aromatic N) is 3. The van der Waals surface area contributed by atoms with E-state index in [0.29, 0.717) is 12.3 Å². The van der Waals surface area contributed by atoms with Crippen LogP contribution in [0.25, 0.3) is 0 Å². The summed E-state index contributed by atoms with van der Waals surface area (Å²) in [4.78, 5) is 19.4. The Bertz CT molecular complexity index is 944. The molecular weight excluding hydrogens is 362 g/mol. The molecule has 5 heteroatoms. The molecule has 1 saturated heterocycles. The first-order valence-electron chi connectivity index (χ1n) is 10.2. The number of benzene rings is 2. The molecule has 0 unspecified atom stereocenters. The molecule has 0 bridgehead atoms. The van der Waals surface area contributed by atoms with Gasteiger partial charge in [0.05, 0.1) is 13.5 Å². The zero-order chi connectivity index (χ0) is 20.1. The third-order valence-corrected chi connectivity index (χ3v) is 5.69. The molecule has 2 heterocycles. The number of rotatable bonds is 6. The van der Waals surface area contributed by atoms with Crippen molar-refractivity contribution in [3.63, 3.8) is 0 Å². The molecule has 3 aromatic rings. The molecule has 1 aliphatic heterocycles. The molecule has 1 amide bonds. The Labute approximate surface area is 171 Å². The molecule has 1 aromatic heterocycles. The van der Waals surface area contributed by atoms with Crippen LogP contribution in [0.4, 0.5) is 0 Å². The van der Waals surface area contributed by atoms with Crippen molar-refractivity contribution >= 4 is 5.91 Å². The van der Waals surface area contributed by atoms with Gasteiger partial charge in [-0.2, -0.15) is 0 Å². The lowest BCUT2D eigenvalue weighted by Crippen LogP contribution is -2.39. The number of para-hydroxylation sites is 1. The largest absolute Gasteiger partial charge is 0.496 e. The second kappa shape index (κ2) is 8.95. The van der Waals surface area contributed by atoms with E-state index in [1.54, 1.807) is 7.11 Å². The number of likely N-dealkylation sites (tertiary alicyclic amines) is 1. The molecule has 0 saturated carbocycles. The molecule has 0 N–H and O–H groups in total. The third-order valence-electron chi connectivity index (χ3n) is 5.69. The number of methoxy groups -OCH3 is 1. The van der Waals surface area contributed by atoms with Gasteiger partial charge in [-0.25, -0.2) is 4.98 Å². The fraction of sp³-hybridized carbons (Fsp3) is 0.333. The van der Waals surface area contributed by atoms with Gasteiger partial charge in [0.25, 0.3) is 0 Å². The number of carbonyl (C=O) groups is 1. The molecule has 0 spiro atoms. The highest BCUT2D eigenvalue weighted by Crippen LogP contribution is 2.28. The van der Waals surface area contributed by atoms with Crippen molar-refractivity contribution < 1.29 is 9.53 Å². The lowest BCUT2D eigenvalue weighted by atomic mass is 9.95. The standard InChI is InChI=1S/C24H27N3O2/c1-29-22-10-6-5-9-21(22)17-23(28)26-14-11-20(12-15-26)24-25-13-16-27(24)18-19-7-3-2-4-8-19/h2-10,13,16,20H,11-12,14-15,17-18H2,1H3. The smallest absolute Gasteiger partial charge is 0.227 e. The second-order valence-corrected chi connectivity index (χ2v) is 7.54. The maximum atomic E-state index is 12.8. The molecule has 1 aliphatic rings. The minimum absolute atomic E-state index is 0.167. The van der Waals surface area contributed by atoms with Gasteiger partial charge >= 0.3 is 0 Å². The van der Waals surface area contributed by atoms with Crippen molar-refractivity contribution in [1.82, 2.24) is 14.5 Å². The summed E-state index contributed by atoms with van der Waals surface area (Å²) in [5.41, 5.74) is 2.22. The monoisotopic (exact) mass is 389 g/mol. The van der Waals surface area contributed by atoms with E-state index in [2.05, 4.69) is 40.0 Å². The first-order valence-corrected chi connectivity index (χ1v) is 10.2. The second-order valence-electron chi connectivity index (χ2n) is 7.54. The van der Waals surface area contributed by atoms with Crippen LogP contribution in [0.3, 0.4) is 0 Å². The normalized spacial score (nSPS) is 14.7. The van der Waals surface area contributed by atoms with Gasteiger partial charge in [0.15, 0.2) is 0 Å². The fourth-order valence-electron chi connectivity index (χ4n) is 4.11. The van der Waals surface area contributed by atoms with Crippen LogP contribution in [0.2, 0.25) is 0 Å². The number of imidazole rings is 1. The van der Waals surface area contributed by atoms with Gasteiger partial charge in [-0.3, -0.25) is 4.79 Å². The van der Waals surface area contributed by atoms with Crippen LogP contribution >= 0.6 is 0 Å². The van der Waals surface area contributed by atoms with Gasteiger partial charge in [0.2, 0.25) is 5.91 Å². The molecule has 150 valence electrons. The van der Waals surface area contributed by atoms with E-state index in [9.17, 15) is 4.79 Å². The molecule has 0 atom stereocenters. The quantitative estimate of drug-likeness (QED) is 0.643. The Balaban J connectivity index is 1.36. The van der Waals surface area contributed by atoms with E-state index in [1.165, 1.54) is 5.56 Å². The molecule has 2 aromatic carbocycles. The first-order chi connectivity index (χ1) is 14.2. The summed E-state index contributed by atoms with van der Waals surface area (Å²) < 4.78 is 7.62. The molecule has 5 nitrogen and oxygen atoms in total. The van der Waals surface area contributed by atoms with Crippen molar-refractivity contribution in [3.05, 3.63) is 83.9 Å². The zero-order valence-electron chi connectivity index (χ0n) is 16.8. The van der Waals surface area contributed by atoms with E-state index >= 15 is 0 Å². The average Bonchev–Trinajstić information content (AvgIpc) is 3.23. The van der Waals surface area contributed by atoms with E-state index in [0.717, 1.165) is 49.6 Å². The lowest BCUT2D eigenvalue weighted by Gasteiger charge is -2.32. The van der Waals surface area contributed by atoms with Gasteiger partial charge < -0.3 is 14.2 Å². The summed E-state index contributed by atoms with van der Waals surface area (Å²) in [6, 6.07) is 18.2. The number of hydrogen-bond donors (Lipinski definition) is 0. The molecular formula is C24H27N3O2. The minimum atomic E-state index is 0.167. The highest BCUT2D eigenvalue weighted by Gasteiger charge is 2.26. The Hall–Kier alpha value is -3.08. The van der Waals surface area contributed by atoms with Crippen LogP contribution in [-0.2, 0) is 17.8 Å². The summed E-state index contributed by atoms with van der Waals surface area (Å²) in [5, 5.41) is 0. The summed E-state index contributed by atoms with van der Waals surface area (Å²) >= 11 is 0. The van der Waals surface area contributed by atoms with Gasteiger partial charge in [-0.05, 0) is 24.5 Å². The number of piperidine rings is 1. The predicted octanol–water partition coefficient (Wildman–Crippen LogP) is 3.89. The summed E-state index contributed by atoms with van der Waals surface area (Å²) in [6.45, 7) is 2.39. The van der Waals surface area contributed by atoms with Crippen LogP contribution < -0.4 is 4.74 Å². The number of amides is 1. The van der Waals surface area contributed by atoms with E-state index in [1.807, 2.05) is 41.4 Å². The predicted molar refractivity (Wildman–Crippen MR) is 113 cm³/mol. The van der Waals surface area contributed by atoms with Crippen LogP contribution in [0.1, 0.15) is 35.7 Å². The minimum Gasteiger partial charge on any atom is -0.496 e. The Morgan fingerprint density at radius 3 is 2.55 bits per heavy atom. The SMILES string of the molecule is COc1ccccc1CC(=O)N1CCC(c2nccn2Cc2ccccc2)CC1. The van der Waals surface area contributed by atoms with Crippen molar-refractivity contribution in [2.45, 2.75) is 31.7 Å². The molecule has 1 fully saturated rings. The van der Waals surface area contributed by atoms with Crippen LogP contribution in [-0.4, -0.2) is 40.6 Å². The number of aromatic nitrogens is 2. The Morgan fingerprint density at radius 2 is 1.79 bits per heavy atom. The van der Waals surface area contributed by atoms with Crippen molar-refractivity contribution in [2.75, 3.05) is 20.2 Å². The van der Waals surface area contributed by atoms with Crippen LogP contribution in [0.5, 0.6) is 5.75 Å². The van der Waals surface area contributed by atoms with Gasteiger partial charge in [-0.15, -0.1) is 0 Å². The van der Waals surface area contributed by atoms with Crippen LogP contribution in [0, 0.1) is 0 Å². The van der Waals surface area contributed by atoms with E-state index in [-0.39, 0.29) is 5.91 Å². The van der Waals surface area contributed by atoms with Crippen molar-refractivity contribution in [2.24, 2.45) is 0 Å². The number of carbonyl (C=O) groups excluding carboxylic acids is 1. The molecule has 4 rings (SSSR count). The van der Waals surface area contributed by atoms with Gasteiger partial charge in [0, 0.05) is 43.5 Å². The molecule has 0 aliphatic carbocycles. The number of hydrogen-bond acceptors (Lipinski definition) is 3. The third kappa shape index (κ3) is 4.50. The van der Waals surface area contributed by atoms with Gasteiger partial charge in [-0.1, -0.05) is 48.5 Å². The summed E-state index contributed by atoms with van der Waals surface area (Å²) in [7, 11) is 1.65. The maximum Gasteiger partial charge on any atom is 0.227 e. The highest BCUT2D eigenvalue weighted by atomic mass is 16.5. The fourth-order valence-corrected chi connectivity index (χ4v) is 4.11. The molecule has 29 heavy (non-hydrogen) atoms. The van der Waals surface area contributed by atoms with E-state index in [4.69, 9.17) is 4.74 Å². The number of ether oxygens (including phenoxy) is 1. The van der Waals surface area contributed by atoms with E-state index < -0.39 is 0 Å². The maximum absolute atomic E-state index is 12.8. The topological polar surface area (TPSA) is 47.4 Å². The Morgan fingerprint density at radius 1 is 1.07 bits per heavy atom. The zero-order valence-corrected chi connectivity index (χ0v) is 16.8. The molecule has 0 radical (unpaired) electrons. The van der Waals surface area contributed by atoms with Crippen molar-refractivity contribution in [1.29, 1.82) is 0 Å².